The number of hydrogen-bond acceptors (Lipinski definition) is 2. The molecular formula is C47H29NO. The zero-order valence-corrected chi connectivity index (χ0v) is 26.6. The lowest BCUT2D eigenvalue weighted by Crippen LogP contribution is -1.92. The molecule has 0 spiro atoms. The van der Waals surface area contributed by atoms with Crippen molar-refractivity contribution in [1.82, 2.24) is 4.98 Å². The predicted molar refractivity (Wildman–Crippen MR) is 206 cm³/mol. The van der Waals surface area contributed by atoms with E-state index in [1.165, 1.54) is 65.5 Å². The summed E-state index contributed by atoms with van der Waals surface area (Å²) in [6, 6.07) is 60.5. The molecule has 0 atom stereocenters. The van der Waals surface area contributed by atoms with Crippen molar-refractivity contribution in [3.8, 4) is 44.6 Å². The fraction of sp³-hybridized carbons (Fsp3) is 0. The van der Waals surface area contributed by atoms with Crippen molar-refractivity contribution in [3.05, 3.63) is 176 Å². The minimum absolute atomic E-state index is 0.910. The molecule has 0 radical (unpaired) electrons. The first-order valence-corrected chi connectivity index (χ1v) is 16.7. The largest absolute Gasteiger partial charge is 0.456 e. The number of benzene rings is 8. The van der Waals surface area contributed by atoms with Crippen LogP contribution in [0.5, 0.6) is 0 Å². The molecule has 0 N–H and O–H groups in total. The maximum atomic E-state index is 6.24. The van der Waals surface area contributed by atoms with Crippen LogP contribution >= 0.6 is 0 Å². The zero-order chi connectivity index (χ0) is 32.3. The van der Waals surface area contributed by atoms with Gasteiger partial charge in [-0.05, 0) is 84.4 Å². The van der Waals surface area contributed by atoms with Gasteiger partial charge in [-0.25, -0.2) is 0 Å². The van der Waals surface area contributed by atoms with E-state index in [1.807, 2.05) is 6.20 Å². The third kappa shape index (κ3) is 4.46. The molecule has 49 heavy (non-hydrogen) atoms. The molecule has 10 rings (SSSR count). The molecule has 2 aromatic heterocycles. The highest BCUT2D eigenvalue weighted by Crippen LogP contribution is 2.43. The molecule has 0 aliphatic rings. The van der Waals surface area contributed by atoms with Gasteiger partial charge >= 0.3 is 0 Å². The molecule has 10 aromatic rings. The molecule has 0 saturated heterocycles. The Kier molecular flexibility index (Phi) is 6.22. The summed E-state index contributed by atoms with van der Waals surface area (Å²) >= 11 is 0. The highest BCUT2D eigenvalue weighted by Gasteiger charge is 2.17. The summed E-state index contributed by atoms with van der Waals surface area (Å²) in [7, 11) is 0. The Labute approximate surface area is 283 Å². The number of rotatable bonds is 4. The van der Waals surface area contributed by atoms with Gasteiger partial charge in [0.25, 0.3) is 0 Å². The molecule has 2 nitrogen and oxygen atoms in total. The summed E-state index contributed by atoms with van der Waals surface area (Å²) in [4.78, 5) is 5.08. The van der Waals surface area contributed by atoms with Gasteiger partial charge < -0.3 is 4.42 Å². The Hall–Kier alpha value is -6.51. The number of pyridine rings is 1. The second kappa shape index (κ2) is 11.0. The third-order valence-electron chi connectivity index (χ3n) is 9.92. The smallest absolute Gasteiger partial charge is 0.136 e. The van der Waals surface area contributed by atoms with Crippen molar-refractivity contribution in [2.24, 2.45) is 0 Å². The number of nitrogens with zero attached hydrogens (tertiary/aromatic N) is 1. The van der Waals surface area contributed by atoms with Crippen LogP contribution in [0.4, 0.5) is 0 Å². The van der Waals surface area contributed by atoms with Crippen LogP contribution < -0.4 is 0 Å². The fourth-order valence-corrected chi connectivity index (χ4v) is 7.61. The average molecular weight is 624 g/mol. The highest BCUT2D eigenvalue weighted by molar-refractivity contribution is 6.21. The van der Waals surface area contributed by atoms with E-state index in [1.54, 1.807) is 0 Å². The van der Waals surface area contributed by atoms with Gasteiger partial charge in [0.1, 0.15) is 11.2 Å². The van der Waals surface area contributed by atoms with E-state index in [-0.39, 0.29) is 0 Å². The van der Waals surface area contributed by atoms with E-state index in [4.69, 9.17) is 9.40 Å². The van der Waals surface area contributed by atoms with Crippen molar-refractivity contribution < 1.29 is 4.42 Å². The zero-order valence-electron chi connectivity index (χ0n) is 26.6. The quantitative estimate of drug-likeness (QED) is 0.182. The summed E-state index contributed by atoms with van der Waals surface area (Å²) in [5.41, 5.74) is 11.0. The first-order chi connectivity index (χ1) is 24.3. The second-order valence-corrected chi connectivity index (χ2v) is 12.7. The maximum absolute atomic E-state index is 6.24. The first-order valence-electron chi connectivity index (χ1n) is 16.7. The summed E-state index contributed by atoms with van der Waals surface area (Å²) in [5.74, 6) is 0. The minimum atomic E-state index is 0.910. The van der Waals surface area contributed by atoms with Crippen molar-refractivity contribution in [1.29, 1.82) is 0 Å². The van der Waals surface area contributed by atoms with E-state index >= 15 is 0 Å². The lowest BCUT2D eigenvalue weighted by molar-refractivity contribution is 0.669. The lowest BCUT2D eigenvalue weighted by Gasteiger charge is -2.17. The Morgan fingerprint density at radius 3 is 1.57 bits per heavy atom. The van der Waals surface area contributed by atoms with Gasteiger partial charge in [-0.1, -0.05) is 146 Å². The molecule has 2 heterocycles. The van der Waals surface area contributed by atoms with E-state index < -0.39 is 0 Å². The second-order valence-electron chi connectivity index (χ2n) is 12.7. The van der Waals surface area contributed by atoms with E-state index in [2.05, 4.69) is 170 Å². The molecule has 0 amide bonds. The van der Waals surface area contributed by atoms with Gasteiger partial charge in [0.15, 0.2) is 0 Å². The minimum Gasteiger partial charge on any atom is -0.456 e. The fourth-order valence-electron chi connectivity index (χ4n) is 7.61. The average Bonchev–Trinajstić information content (AvgIpc) is 3.56. The van der Waals surface area contributed by atoms with Crippen LogP contribution in [-0.4, -0.2) is 4.98 Å². The van der Waals surface area contributed by atoms with Crippen molar-refractivity contribution in [3.63, 3.8) is 0 Å². The highest BCUT2D eigenvalue weighted by atomic mass is 16.3. The molecular weight excluding hydrogens is 595 g/mol. The standard InChI is InChI=1S/C47H29NO/c1-2-11-33(12-3-1)45-37-14-6-8-16-39(37)46(40-17-9-7-15-38(40)45)42-25-22-35(29-48-42)31-20-18-30(19-21-31)34-24-26-43-41(28-34)47-36-13-5-4-10-32(36)23-27-44(47)49-43/h1-29H. The third-order valence-corrected chi connectivity index (χ3v) is 9.92. The number of aromatic nitrogens is 1. The summed E-state index contributed by atoms with van der Waals surface area (Å²) in [5, 5.41) is 9.64. The number of furan rings is 1. The maximum Gasteiger partial charge on any atom is 0.136 e. The van der Waals surface area contributed by atoms with Gasteiger partial charge in [-0.2, -0.15) is 0 Å². The van der Waals surface area contributed by atoms with Gasteiger partial charge in [0, 0.05) is 28.1 Å². The van der Waals surface area contributed by atoms with Crippen molar-refractivity contribution >= 4 is 54.3 Å². The monoisotopic (exact) mass is 623 g/mol. The Balaban J connectivity index is 1.03. The SMILES string of the molecule is c1ccc(-c2c3ccccc3c(-c3ccc(-c4ccc(-c5ccc6oc7ccc8ccccc8c7c6c5)cc4)cn3)c3ccccc23)cc1. The normalized spacial score (nSPS) is 11.7. The van der Waals surface area contributed by atoms with Crippen LogP contribution in [0.3, 0.4) is 0 Å². The van der Waals surface area contributed by atoms with Gasteiger partial charge in [0.05, 0.1) is 5.69 Å². The van der Waals surface area contributed by atoms with Gasteiger partial charge in [0.2, 0.25) is 0 Å². The molecule has 0 unspecified atom stereocenters. The van der Waals surface area contributed by atoms with Crippen molar-refractivity contribution in [2.45, 2.75) is 0 Å². The van der Waals surface area contributed by atoms with E-state index in [0.717, 1.165) is 33.4 Å². The van der Waals surface area contributed by atoms with Gasteiger partial charge in [-0.3, -0.25) is 4.98 Å². The first kappa shape index (κ1) is 27.6. The Morgan fingerprint density at radius 2 is 0.898 bits per heavy atom. The molecule has 0 bridgehead atoms. The van der Waals surface area contributed by atoms with Crippen LogP contribution in [0.25, 0.3) is 98.9 Å². The van der Waals surface area contributed by atoms with Crippen LogP contribution in [-0.2, 0) is 0 Å². The van der Waals surface area contributed by atoms with Crippen LogP contribution in [0.2, 0.25) is 0 Å². The molecule has 0 aliphatic carbocycles. The van der Waals surface area contributed by atoms with Crippen LogP contribution in [0.1, 0.15) is 0 Å². The summed E-state index contributed by atoms with van der Waals surface area (Å²) in [6.07, 6.45) is 2.01. The van der Waals surface area contributed by atoms with E-state index in [9.17, 15) is 0 Å². The van der Waals surface area contributed by atoms with Crippen LogP contribution in [0, 0.1) is 0 Å². The van der Waals surface area contributed by atoms with E-state index in [0.29, 0.717) is 0 Å². The summed E-state index contributed by atoms with van der Waals surface area (Å²) < 4.78 is 6.24. The molecule has 8 aromatic carbocycles. The Bertz CT molecular complexity index is 2790. The molecule has 0 saturated carbocycles. The summed E-state index contributed by atoms with van der Waals surface area (Å²) in [6.45, 7) is 0. The lowest BCUT2D eigenvalue weighted by atomic mass is 9.87. The van der Waals surface area contributed by atoms with Crippen molar-refractivity contribution in [2.75, 3.05) is 0 Å². The topological polar surface area (TPSA) is 26.0 Å². The number of fused-ring (bicyclic) bond motifs is 7. The van der Waals surface area contributed by atoms with Gasteiger partial charge in [-0.15, -0.1) is 0 Å². The molecule has 0 fully saturated rings. The molecule has 2 heteroatoms. The van der Waals surface area contributed by atoms with Crippen LogP contribution in [0.15, 0.2) is 180 Å². The predicted octanol–water partition coefficient (Wildman–Crippen LogP) is 13.1. The Morgan fingerprint density at radius 1 is 0.347 bits per heavy atom. The molecule has 0 aliphatic heterocycles. The molecule has 228 valence electrons. The number of hydrogen-bond donors (Lipinski definition) is 0.